The molecule has 0 fully saturated rings. The second-order valence-electron chi connectivity index (χ2n) is 5.38. The number of anilines is 1. The molecule has 24 heavy (non-hydrogen) atoms. The van der Waals surface area contributed by atoms with Gasteiger partial charge in [-0.05, 0) is 18.2 Å². The van der Waals surface area contributed by atoms with Crippen LogP contribution < -0.4 is 10.1 Å². The number of carbonyl (C=O) groups excluding carboxylic acids is 1. The van der Waals surface area contributed by atoms with Crippen molar-refractivity contribution in [2.75, 3.05) is 12.4 Å². The number of para-hydroxylation sites is 1. The van der Waals surface area contributed by atoms with Crippen LogP contribution in [-0.2, 0) is 18.3 Å². The van der Waals surface area contributed by atoms with Gasteiger partial charge >= 0.3 is 0 Å². The van der Waals surface area contributed by atoms with E-state index >= 15 is 0 Å². The van der Waals surface area contributed by atoms with Gasteiger partial charge in [0.1, 0.15) is 12.1 Å². The van der Waals surface area contributed by atoms with Gasteiger partial charge in [-0.2, -0.15) is 0 Å². The molecule has 3 aromatic rings. The first-order chi connectivity index (χ1) is 11.7. The first-order valence-corrected chi connectivity index (χ1v) is 7.53. The standard InChI is InChI=1S/C18H18N4O2/c1-22-12-19-21-18(22)14-7-5-8-15(10-14)20-17(23)11-13-6-3-4-9-16(13)24-2/h3-10,12H,11H2,1-2H3,(H,20,23). The normalized spacial score (nSPS) is 10.4. The first kappa shape index (κ1) is 15.7. The summed E-state index contributed by atoms with van der Waals surface area (Å²) in [5, 5.41) is 10.9. The molecular formula is C18H18N4O2. The Bertz CT molecular complexity index is 857. The Morgan fingerprint density at radius 3 is 2.79 bits per heavy atom. The SMILES string of the molecule is COc1ccccc1CC(=O)Nc1cccc(-c2nncn2C)c1. The lowest BCUT2D eigenvalue weighted by atomic mass is 10.1. The average molecular weight is 322 g/mol. The molecule has 1 N–H and O–H groups in total. The van der Waals surface area contributed by atoms with Gasteiger partial charge in [0, 0.05) is 23.9 Å². The molecule has 6 nitrogen and oxygen atoms in total. The minimum absolute atomic E-state index is 0.102. The number of nitrogens with zero attached hydrogens (tertiary/aromatic N) is 3. The van der Waals surface area contributed by atoms with E-state index in [1.807, 2.05) is 60.1 Å². The first-order valence-electron chi connectivity index (χ1n) is 7.53. The Balaban J connectivity index is 1.74. The fourth-order valence-corrected chi connectivity index (χ4v) is 2.51. The number of hydrogen-bond acceptors (Lipinski definition) is 4. The number of carbonyl (C=O) groups is 1. The van der Waals surface area contributed by atoms with Crippen molar-refractivity contribution in [3.63, 3.8) is 0 Å². The predicted molar refractivity (Wildman–Crippen MR) is 91.8 cm³/mol. The van der Waals surface area contributed by atoms with Gasteiger partial charge in [0.15, 0.2) is 5.82 Å². The molecule has 0 atom stereocenters. The van der Waals surface area contributed by atoms with Crippen LogP contribution in [0.15, 0.2) is 54.9 Å². The van der Waals surface area contributed by atoms with Gasteiger partial charge in [-0.15, -0.1) is 10.2 Å². The van der Waals surface area contributed by atoms with Crippen molar-refractivity contribution in [3.05, 3.63) is 60.4 Å². The van der Waals surface area contributed by atoms with Crippen LogP contribution in [0.5, 0.6) is 5.75 Å². The van der Waals surface area contributed by atoms with Crippen LogP contribution in [0.4, 0.5) is 5.69 Å². The number of amides is 1. The molecule has 1 aromatic heterocycles. The molecule has 0 radical (unpaired) electrons. The van der Waals surface area contributed by atoms with Crippen LogP contribution in [0.1, 0.15) is 5.56 Å². The van der Waals surface area contributed by atoms with Gasteiger partial charge in [0.05, 0.1) is 13.5 Å². The Morgan fingerprint density at radius 2 is 2.04 bits per heavy atom. The highest BCUT2D eigenvalue weighted by molar-refractivity contribution is 5.93. The number of aromatic nitrogens is 3. The van der Waals surface area contributed by atoms with Gasteiger partial charge in [-0.25, -0.2) is 0 Å². The van der Waals surface area contributed by atoms with E-state index in [1.54, 1.807) is 13.4 Å². The zero-order valence-corrected chi connectivity index (χ0v) is 13.6. The Kier molecular flexibility index (Phi) is 4.56. The number of benzene rings is 2. The van der Waals surface area contributed by atoms with Crippen molar-refractivity contribution in [2.45, 2.75) is 6.42 Å². The summed E-state index contributed by atoms with van der Waals surface area (Å²) in [5.41, 5.74) is 2.46. The zero-order valence-electron chi connectivity index (χ0n) is 13.6. The average Bonchev–Trinajstić information content (AvgIpc) is 3.01. The largest absolute Gasteiger partial charge is 0.496 e. The van der Waals surface area contributed by atoms with Crippen molar-refractivity contribution < 1.29 is 9.53 Å². The number of ether oxygens (including phenoxy) is 1. The van der Waals surface area contributed by atoms with Crippen LogP contribution in [0.3, 0.4) is 0 Å². The lowest BCUT2D eigenvalue weighted by Crippen LogP contribution is -2.15. The lowest BCUT2D eigenvalue weighted by molar-refractivity contribution is -0.115. The van der Waals surface area contributed by atoms with Gasteiger partial charge in [0.25, 0.3) is 0 Å². The monoisotopic (exact) mass is 322 g/mol. The number of hydrogen-bond donors (Lipinski definition) is 1. The predicted octanol–water partition coefficient (Wildman–Crippen LogP) is 2.67. The molecule has 0 saturated heterocycles. The summed E-state index contributed by atoms with van der Waals surface area (Å²) in [7, 11) is 3.48. The second-order valence-corrected chi connectivity index (χ2v) is 5.38. The van der Waals surface area contributed by atoms with Gasteiger partial charge in [-0.3, -0.25) is 4.79 Å². The second kappa shape index (κ2) is 6.95. The number of methoxy groups -OCH3 is 1. The lowest BCUT2D eigenvalue weighted by Gasteiger charge is -2.10. The van der Waals surface area contributed by atoms with Crippen molar-refractivity contribution in [1.29, 1.82) is 0 Å². The molecule has 0 saturated carbocycles. The van der Waals surface area contributed by atoms with Crippen LogP contribution in [0.25, 0.3) is 11.4 Å². The van der Waals surface area contributed by atoms with Crippen LogP contribution in [0.2, 0.25) is 0 Å². The Morgan fingerprint density at radius 1 is 1.21 bits per heavy atom. The molecule has 1 amide bonds. The highest BCUT2D eigenvalue weighted by atomic mass is 16.5. The maximum Gasteiger partial charge on any atom is 0.228 e. The summed E-state index contributed by atoms with van der Waals surface area (Å²) in [6.07, 6.45) is 1.89. The molecule has 0 aliphatic rings. The summed E-state index contributed by atoms with van der Waals surface area (Å²) in [4.78, 5) is 12.3. The number of rotatable bonds is 5. The number of aryl methyl sites for hydroxylation is 1. The van der Waals surface area contributed by atoms with E-state index in [4.69, 9.17) is 4.74 Å². The minimum atomic E-state index is -0.102. The van der Waals surface area contributed by atoms with E-state index in [2.05, 4.69) is 15.5 Å². The van der Waals surface area contributed by atoms with E-state index in [1.165, 1.54) is 0 Å². The third-order valence-electron chi connectivity index (χ3n) is 3.66. The van der Waals surface area contributed by atoms with Gasteiger partial charge in [-0.1, -0.05) is 30.3 Å². The smallest absolute Gasteiger partial charge is 0.228 e. The molecule has 2 aromatic carbocycles. The zero-order chi connectivity index (χ0) is 16.9. The minimum Gasteiger partial charge on any atom is -0.496 e. The summed E-state index contributed by atoms with van der Waals surface area (Å²) >= 11 is 0. The van der Waals surface area contributed by atoms with Crippen molar-refractivity contribution >= 4 is 11.6 Å². The van der Waals surface area contributed by atoms with Crippen molar-refractivity contribution in [2.24, 2.45) is 7.05 Å². The molecule has 3 rings (SSSR count). The third-order valence-corrected chi connectivity index (χ3v) is 3.66. The van der Waals surface area contributed by atoms with Crippen LogP contribution in [0, 0.1) is 0 Å². The number of nitrogens with one attached hydrogen (secondary N) is 1. The summed E-state index contributed by atoms with van der Waals surface area (Å²) in [6, 6.07) is 15.0. The third kappa shape index (κ3) is 3.43. The molecule has 0 unspecified atom stereocenters. The molecule has 0 spiro atoms. The summed E-state index contributed by atoms with van der Waals surface area (Å²) in [6.45, 7) is 0. The van der Waals surface area contributed by atoms with E-state index < -0.39 is 0 Å². The highest BCUT2D eigenvalue weighted by Crippen LogP contribution is 2.21. The Hall–Kier alpha value is -3.15. The van der Waals surface area contributed by atoms with Crippen LogP contribution in [-0.4, -0.2) is 27.8 Å². The maximum absolute atomic E-state index is 12.3. The van der Waals surface area contributed by atoms with Gasteiger partial charge in [0.2, 0.25) is 5.91 Å². The Labute approximate surface area is 140 Å². The van der Waals surface area contributed by atoms with Crippen molar-refractivity contribution in [1.82, 2.24) is 14.8 Å². The van der Waals surface area contributed by atoms with E-state index in [0.717, 1.165) is 22.6 Å². The molecule has 0 aliphatic carbocycles. The summed E-state index contributed by atoms with van der Waals surface area (Å²) < 4.78 is 7.11. The molecule has 0 aliphatic heterocycles. The molecule has 6 heteroatoms. The van der Waals surface area contributed by atoms with E-state index in [-0.39, 0.29) is 12.3 Å². The fraction of sp³-hybridized carbons (Fsp3) is 0.167. The highest BCUT2D eigenvalue weighted by Gasteiger charge is 2.10. The topological polar surface area (TPSA) is 69.0 Å². The fourth-order valence-electron chi connectivity index (χ4n) is 2.51. The van der Waals surface area contributed by atoms with Crippen molar-refractivity contribution in [3.8, 4) is 17.1 Å². The van der Waals surface area contributed by atoms with Crippen LogP contribution >= 0.6 is 0 Å². The molecule has 0 bridgehead atoms. The van der Waals surface area contributed by atoms with Gasteiger partial charge < -0.3 is 14.6 Å². The summed E-state index contributed by atoms with van der Waals surface area (Å²) in [5.74, 6) is 1.35. The molecular weight excluding hydrogens is 304 g/mol. The quantitative estimate of drug-likeness (QED) is 0.784. The van der Waals surface area contributed by atoms with E-state index in [0.29, 0.717) is 5.75 Å². The molecule has 1 heterocycles. The van der Waals surface area contributed by atoms with E-state index in [9.17, 15) is 4.79 Å². The molecule has 122 valence electrons. The maximum atomic E-state index is 12.3.